The van der Waals surface area contributed by atoms with Crippen LogP contribution in [0.5, 0.6) is 0 Å². The molecule has 0 fully saturated rings. The Morgan fingerprint density at radius 1 is 1.33 bits per heavy atom. The Morgan fingerprint density at radius 3 is 2.33 bits per heavy atom. The van der Waals surface area contributed by atoms with Crippen LogP contribution in [0.1, 0.15) is 31.1 Å². The highest BCUT2D eigenvalue weighted by molar-refractivity contribution is 5.74. The van der Waals surface area contributed by atoms with Crippen LogP contribution >= 0.6 is 0 Å². The van der Waals surface area contributed by atoms with E-state index >= 15 is 0 Å². The minimum absolute atomic E-state index is 0.671. The van der Waals surface area contributed by atoms with Crippen molar-refractivity contribution in [3.8, 4) is 0 Å². The van der Waals surface area contributed by atoms with Crippen LogP contribution in [0.15, 0.2) is 24.3 Å². The molecule has 2 N–H and O–H groups in total. The van der Waals surface area contributed by atoms with E-state index in [2.05, 4.69) is 0 Å². The Balaban J connectivity index is 3.10. The minimum atomic E-state index is -1.17. The lowest BCUT2D eigenvalue weighted by molar-refractivity contribution is -0.153. The van der Waals surface area contributed by atoms with Crippen LogP contribution in [0.2, 0.25) is 0 Å². The van der Waals surface area contributed by atoms with Crippen LogP contribution in [0, 0.1) is 12.3 Å². The van der Waals surface area contributed by atoms with Crippen LogP contribution in [-0.4, -0.2) is 16.2 Å². The van der Waals surface area contributed by atoms with Gasteiger partial charge in [-0.15, -0.1) is 0 Å². The second-order valence-corrected chi connectivity index (χ2v) is 4.29. The Hall–Kier alpha value is -1.35. The molecule has 1 aromatic carbocycles. The molecular weight excluding hydrogens is 192 g/mol. The molecule has 15 heavy (non-hydrogen) atoms. The second-order valence-electron chi connectivity index (χ2n) is 4.29. The normalized spacial score (nSPS) is 13.6. The van der Waals surface area contributed by atoms with E-state index in [0.29, 0.717) is 5.56 Å². The molecule has 0 aliphatic rings. The first kappa shape index (κ1) is 11.7. The quantitative estimate of drug-likeness (QED) is 0.800. The third-order valence-corrected chi connectivity index (χ3v) is 2.72. The molecule has 0 radical (unpaired) electrons. The van der Waals surface area contributed by atoms with Gasteiger partial charge in [-0.25, -0.2) is 0 Å². The van der Waals surface area contributed by atoms with Crippen LogP contribution in [0.25, 0.3) is 0 Å². The van der Waals surface area contributed by atoms with Gasteiger partial charge in [-0.3, -0.25) is 4.79 Å². The molecule has 0 bridgehead atoms. The van der Waals surface area contributed by atoms with Gasteiger partial charge in [0.25, 0.3) is 0 Å². The Labute approximate surface area is 89.4 Å². The molecule has 0 heterocycles. The summed E-state index contributed by atoms with van der Waals surface area (Å²) in [6.45, 7) is 4.90. The molecule has 1 atom stereocenters. The maximum atomic E-state index is 11.0. The number of rotatable bonds is 3. The van der Waals surface area contributed by atoms with Gasteiger partial charge in [0.1, 0.15) is 0 Å². The lowest BCUT2D eigenvalue weighted by atomic mass is 9.81. The van der Waals surface area contributed by atoms with Gasteiger partial charge in [0.05, 0.1) is 11.5 Å². The fourth-order valence-corrected chi connectivity index (χ4v) is 1.40. The fourth-order valence-electron chi connectivity index (χ4n) is 1.40. The summed E-state index contributed by atoms with van der Waals surface area (Å²) >= 11 is 0. The molecule has 3 nitrogen and oxygen atoms in total. The third-order valence-electron chi connectivity index (χ3n) is 2.72. The Morgan fingerprint density at radius 2 is 1.87 bits per heavy atom. The van der Waals surface area contributed by atoms with E-state index in [4.69, 9.17) is 5.11 Å². The number of aliphatic hydroxyl groups is 1. The summed E-state index contributed by atoms with van der Waals surface area (Å²) in [5.74, 6) is -1.00. The van der Waals surface area contributed by atoms with Crippen LogP contribution in [0.3, 0.4) is 0 Å². The highest BCUT2D eigenvalue weighted by Gasteiger charge is 2.37. The minimum Gasteiger partial charge on any atom is -0.481 e. The molecule has 1 aromatic rings. The van der Waals surface area contributed by atoms with E-state index < -0.39 is 17.5 Å². The van der Waals surface area contributed by atoms with E-state index in [1.165, 1.54) is 13.8 Å². The fraction of sp³-hybridized carbons (Fsp3) is 0.417. The first-order valence-electron chi connectivity index (χ1n) is 4.84. The molecule has 0 saturated heterocycles. The van der Waals surface area contributed by atoms with Gasteiger partial charge in [-0.1, -0.05) is 24.3 Å². The molecule has 3 heteroatoms. The second kappa shape index (κ2) is 4.03. The molecule has 0 saturated carbocycles. The van der Waals surface area contributed by atoms with Crippen LogP contribution in [-0.2, 0) is 4.79 Å². The molecule has 0 spiro atoms. The summed E-state index contributed by atoms with van der Waals surface area (Å²) in [7, 11) is 0. The number of carboxylic acid groups (broad SMARTS) is 1. The van der Waals surface area contributed by atoms with Crippen molar-refractivity contribution < 1.29 is 15.0 Å². The summed E-state index contributed by atoms with van der Waals surface area (Å²) < 4.78 is 0. The van der Waals surface area contributed by atoms with Crippen molar-refractivity contribution in [2.75, 3.05) is 0 Å². The van der Waals surface area contributed by atoms with E-state index in [9.17, 15) is 9.90 Å². The topological polar surface area (TPSA) is 57.5 Å². The van der Waals surface area contributed by atoms with E-state index in [0.717, 1.165) is 5.56 Å². The monoisotopic (exact) mass is 208 g/mol. The highest BCUT2D eigenvalue weighted by Crippen LogP contribution is 2.34. The van der Waals surface area contributed by atoms with Gasteiger partial charge >= 0.3 is 5.97 Å². The van der Waals surface area contributed by atoms with Gasteiger partial charge in [0, 0.05) is 0 Å². The highest BCUT2D eigenvalue weighted by atomic mass is 16.4. The molecular formula is C12H16O3. The average Bonchev–Trinajstić information content (AvgIpc) is 2.17. The predicted octanol–water partition coefficient (Wildman–Crippen LogP) is 2.14. The standard InChI is InChI=1S/C12H16O3/c1-8-6-4-5-7-9(8)10(13)12(2,3)11(14)15/h4-7,10,13H,1-3H3,(H,14,15). The molecule has 0 aliphatic heterocycles. The summed E-state index contributed by atoms with van der Waals surface area (Å²) in [6, 6.07) is 7.27. The van der Waals surface area contributed by atoms with Crippen LogP contribution < -0.4 is 0 Å². The van der Waals surface area contributed by atoms with Gasteiger partial charge in [-0.05, 0) is 31.9 Å². The number of aryl methyl sites for hydroxylation is 1. The van der Waals surface area contributed by atoms with E-state index in [1.807, 2.05) is 19.1 Å². The predicted molar refractivity (Wildman–Crippen MR) is 57.6 cm³/mol. The number of carboxylic acids is 1. The Bertz CT molecular complexity index is 369. The van der Waals surface area contributed by atoms with Gasteiger partial charge in [0.2, 0.25) is 0 Å². The lowest BCUT2D eigenvalue weighted by Gasteiger charge is -2.27. The van der Waals surface area contributed by atoms with E-state index in [-0.39, 0.29) is 0 Å². The van der Waals surface area contributed by atoms with Crippen molar-refractivity contribution in [1.29, 1.82) is 0 Å². The van der Waals surface area contributed by atoms with E-state index in [1.54, 1.807) is 12.1 Å². The first-order valence-corrected chi connectivity index (χ1v) is 4.84. The lowest BCUT2D eigenvalue weighted by Crippen LogP contribution is -2.31. The van der Waals surface area contributed by atoms with Crippen molar-refractivity contribution in [3.63, 3.8) is 0 Å². The van der Waals surface area contributed by atoms with Crippen molar-refractivity contribution in [1.82, 2.24) is 0 Å². The SMILES string of the molecule is Cc1ccccc1C(O)C(C)(C)C(=O)O. The average molecular weight is 208 g/mol. The van der Waals surface area contributed by atoms with Crippen molar-refractivity contribution in [2.24, 2.45) is 5.41 Å². The van der Waals surface area contributed by atoms with Crippen molar-refractivity contribution in [3.05, 3.63) is 35.4 Å². The van der Waals surface area contributed by atoms with Crippen molar-refractivity contribution in [2.45, 2.75) is 26.9 Å². The smallest absolute Gasteiger partial charge is 0.312 e. The molecule has 0 aliphatic carbocycles. The number of aliphatic hydroxyl groups excluding tert-OH is 1. The van der Waals surface area contributed by atoms with Gasteiger partial charge < -0.3 is 10.2 Å². The third kappa shape index (κ3) is 2.18. The molecule has 1 unspecified atom stereocenters. The maximum absolute atomic E-state index is 11.0. The summed E-state index contributed by atoms with van der Waals surface area (Å²) in [6.07, 6.45) is -0.990. The summed E-state index contributed by atoms with van der Waals surface area (Å²) in [4.78, 5) is 11.0. The zero-order valence-electron chi connectivity index (χ0n) is 9.19. The van der Waals surface area contributed by atoms with Gasteiger partial charge in [0.15, 0.2) is 0 Å². The summed E-state index contributed by atoms with van der Waals surface area (Å²) in [5.41, 5.74) is 0.399. The molecule has 1 rings (SSSR count). The number of carbonyl (C=O) groups is 1. The Kier molecular flexibility index (Phi) is 3.15. The zero-order valence-corrected chi connectivity index (χ0v) is 9.19. The van der Waals surface area contributed by atoms with Crippen LogP contribution in [0.4, 0.5) is 0 Å². The maximum Gasteiger partial charge on any atom is 0.312 e. The first-order chi connectivity index (χ1) is 6.87. The largest absolute Gasteiger partial charge is 0.481 e. The molecule has 0 amide bonds. The molecule has 82 valence electrons. The number of hydrogen-bond acceptors (Lipinski definition) is 2. The molecule has 0 aromatic heterocycles. The zero-order chi connectivity index (χ0) is 11.6. The van der Waals surface area contributed by atoms with Gasteiger partial charge in [-0.2, -0.15) is 0 Å². The number of benzene rings is 1. The summed E-state index contributed by atoms with van der Waals surface area (Å²) in [5, 5.41) is 19.0. The number of hydrogen-bond donors (Lipinski definition) is 2. The van der Waals surface area contributed by atoms with Crippen molar-refractivity contribution >= 4 is 5.97 Å². The number of aliphatic carboxylic acids is 1.